The topological polar surface area (TPSA) is 81.7 Å². The van der Waals surface area contributed by atoms with Crippen LogP contribution in [-0.4, -0.2) is 30.6 Å². The van der Waals surface area contributed by atoms with Gasteiger partial charge in [0.05, 0.1) is 17.2 Å². The second kappa shape index (κ2) is 8.88. The first-order valence-corrected chi connectivity index (χ1v) is 7.99. The number of carbonyl (C=O) groups excluding carboxylic acids is 3. The molecule has 0 bridgehead atoms. The van der Waals surface area contributed by atoms with Gasteiger partial charge in [-0.1, -0.05) is 0 Å². The average Bonchev–Trinajstić information content (AvgIpc) is 2.59. The molecule has 8 heteroatoms. The lowest BCUT2D eigenvalue weighted by molar-refractivity contribution is -0.119. The maximum Gasteiger partial charge on any atom is 0.341 e. The van der Waals surface area contributed by atoms with Crippen LogP contribution in [0, 0.1) is 11.6 Å². The molecule has 0 saturated carbocycles. The Hall–Kier alpha value is -3.29. The normalized spacial score (nSPS) is 10.4. The van der Waals surface area contributed by atoms with Gasteiger partial charge < -0.3 is 14.8 Å². The summed E-state index contributed by atoms with van der Waals surface area (Å²) in [5.74, 6) is -4.15. The Bertz CT molecular complexity index is 850. The quantitative estimate of drug-likeness (QED) is 0.781. The molecule has 27 heavy (non-hydrogen) atoms. The van der Waals surface area contributed by atoms with Crippen molar-refractivity contribution >= 4 is 23.5 Å². The number of benzene rings is 2. The summed E-state index contributed by atoms with van der Waals surface area (Å²) in [5.41, 5.74) is 0.210. The molecular weight excluding hydrogens is 360 g/mol. The summed E-state index contributed by atoms with van der Waals surface area (Å²) >= 11 is 0. The Morgan fingerprint density at radius 2 is 1.67 bits per heavy atom. The van der Waals surface area contributed by atoms with Crippen molar-refractivity contribution in [1.29, 1.82) is 0 Å². The summed E-state index contributed by atoms with van der Waals surface area (Å²) in [4.78, 5) is 35.3. The first kappa shape index (κ1) is 20.0. The third kappa shape index (κ3) is 5.88. The van der Waals surface area contributed by atoms with Crippen LogP contribution >= 0.6 is 0 Å². The third-order valence-electron chi connectivity index (χ3n) is 3.23. The molecule has 2 aromatic carbocycles. The zero-order valence-corrected chi connectivity index (χ0v) is 14.6. The molecule has 142 valence electrons. The van der Waals surface area contributed by atoms with Gasteiger partial charge in [-0.25, -0.2) is 18.4 Å². The van der Waals surface area contributed by atoms with E-state index in [-0.39, 0.29) is 6.10 Å². The van der Waals surface area contributed by atoms with Gasteiger partial charge in [-0.2, -0.15) is 0 Å². The first-order valence-electron chi connectivity index (χ1n) is 7.99. The predicted molar refractivity (Wildman–Crippen MR) is 92.3 cm³/mol. The fourth-order valence-electron chi connectivity index (χ4n) is 2.03. The largest absolute Gasteiger partial charge is 0.459 e. The van der Waals surface area contributed by atoms with E-state index in [2.05, 4.69) is 5.32 Å². The first-order chi connectivity index (χ1) is 12.8. The van der Waals surface area contributed by atoms with Crippen molar-refractivity contribution in [1.82, 2.24) is 0 Å². The summed E-state index contributed by atoms with van der Waals surface area (Å²) in [6.07, 6.45) is -0.252. The van der Waals surface area contributed by atoms with Crippen molar-refractivity contribution in [2.24, 2.45) is 0 Å². The third-order valence-corrected chi connectivity index (χ3v) is 3.23. The van der Waals surface area contributed by atoms with E-state index >= 15 is 0 Å². The number of esters is 2. The Kier molecular flexibility index (Phi) is 6.59. The van der Waals surface area contributed by atoms with Crippen LogP contribution in [0.4, 0.5) is 14.5 Å². The summed E-state index contributed by atoms with van der Waals surface area (Å²) in [7, 11) is 0. The van der Waals surface area contributed by atoms with Crippen LogP contribution in [0.3, 0.4) is 0 Å². The standard InChI is InChI=1S/C19H17F2NO5/c1-11(2)27-18(24)12-3-6-14(7-4-12)22-17(23)10-26-19(25)15-8-5-13(20)9-16(15)21/h3-9,11H,10H2,1-2H3,(H,22,23). The number of rotatable bonds is 6. The Morgan fingerprint density at radius 3 is 2.26 bits per heavy atom. The molecule has 1 N–H and O–H groups in total. The number of nitrogens with one attached hydrogen (secondary N) is 1. The molecule has 0 aliphatic carbocycles. The number of hydrogen-bond donors (Lipinski definition) is 1. The van der Waals surface area contributed by atoms with Gasteiger partial charge in [0.15, 0.2) is 6.61 Å². The number of ether oxygens (including phenoxy) is 2. The molecule has 0 spiro atoms. The molecule has 2 aromatic rings. The van der Waals surface area contributed by atoms with Gasteiger partial charge in [-0.15, -0.1) is 0 Å². The maximum atomic E-state index is 13.5. The zero-order valence-electron chi connectivity index (χ0n) is 14.6. The summed E-state index contributed by atoms with van der Waals surface area (Å²) in [6, 6.07) is 8.29. The molecule has 1 amide bonds. The number of amides is 1. The van der Waals surface area contributed by atoms with Crippen molar-refractivity contribution in [3.05, 3.63) is 65.2 Å². The Balaban J connectivity index is 1.88. The van der Waals surface area contributed by atoms with Crippen LogP contribution in [0.2, 0.25) is 0 Å². The van der Waals surface area contributed by atoms with Crippen molar-refractivity contribution in [3.8, 4) is 0 Å². The Morgan fingerprint density at radius 1 is 1.00 bits per heavy atom. The predicted octanol–water partition coefficient (Wildman–Crippen LogP) is 3.33. The second-order valence-electron chi connectivity index (χ2n) is 5.78. The number of halogens is 2. The molecule has 0 fully saturated rings. The molecule has 0 saturated heterocycles. The second-order valence-corrected chi connectivity index (χ2v) is 5.78. The highest BCUT2D eigenvalue weighted by molar-refractivity contribution is 5.96. The summed E-state index contributed by atoms with van der Waals surface area (Å²) < 4.78 is 36.0. The van der Waals surface area contributed by atoms with Gasteiger partial charge in [0.1, 0.15) is 11.6 Å². The fourth-order valence-corrected chi connectivity index (χ4v) is 2.03. The molecule has 2 rings (SSSR count). The minimum atomic E-state index is -1.09. The lowest BCUT2D eigenvalue weighted by Crippen LogP contribution is -2.21. The minimum absolute atomic E-state index is 0.252. The van der Waals surface area contributed by atoms with E-state index in [1.165, 1.54) is 24.3 Å². The monoisotopic (exact) mass is 377 g/mol. The zero-order chi connectivity index (χ0) is 20.0. The molecule has 0 aromatic heterocycles. The van der Waals surface area contributed by atoms with Gasteiger partial charge in [0.25, 0.3) is 5.91 Å². The molecule has 0 atom stereocenters. The van der Waals surface area contributed by atoms with Crippen LogP contribution in [0.5, 0.6) is 0 Å². The average molecular weight is 377 g/mol. The highest BCUT2D eigenvalue weighted by Crippen LogP contribution is 2.13. The maximum absolute atomic E-state index is 13.5. The van der Waals surface area contributed by atoms with Crippen molar-refractivity contribution in [3.63, 3.8) is 0 Å². The smallest absolute Gasteiger partial charge is 0.341 e. The number of carbonyl (C=O) groups is 3. The van der Waals surface area contributed by atoms with Crippen molar-refractivity contribution in [2.75, 3.05) is 11.9 Å². The Labute approximate surface area is 154 Å². The van der Waals surface area contributed by atoms with Gasteiger partial charge in [0, 0.05) is 11.8 Å². The number of anilines is 1. The molecule has 0 aliphatic heterocycles. The van der Waals surface area contributed by atoms with Crippen LogP contribution in [0.1, 0.15) is 34.6 Å². The van der Waals surface area contributed by atoms with E-state index in [1.54, 1.807) is 13.8 Å². The van der Waals surface area contributed by atoms with Gasteiger partial charge >= 0.3 is 11.9 Å². The van der Waals surface area contributed by atoms with Gasteiger partial charge in [-0.05, 0) is 50.2 Å². The molecule has 6 nitrogen and oxygen atoms in total. The molecule has 0 heterocycles. The minimum Gasteiger partial charge on any atom is -0.459 e. The van der Waals surface area contributed by atoms with Crippen molar-refractivity contribution in [2.45, 2.75) is 20.0 Å². The highest BCUT2D eigenvalue weighted by atomic mass is 19.1. The van der Waals surface area contributed by atoms with Gasteiger partial charge in [-0.3, -0.25) is 4.79 Å². The summed E-state index contributed by atoms with van der Waals surface area (Å²) in [5, 5.41) is 2.46. The van der Waals surface area contributed by atoms with E-state index in [1.807, 2.05) is 0 Å². The molecular formula is C19H17F2NO5. The van der Waals surface area contributed by atoms with Crippen LogP contribution in [0.15, 0.2) is 42.5 Å². The molecule has 0 aliphatic rings. The van der Waals surface area contributed by atoms with Crippen LogP contribution < -0.4 is 5.32 Å². The van der Waals surface area contributed by atoms with E-state index in [0.29, 0.717) is 17.3 Å². The van der Waals surface area contributed by atoms with E-state index in [4.69, 9.17) is 9.47 Å². The van der Waals surface area contributed by atoms with Gasteiger partial charge in [0.2, 0.25) is 0 Å². The van der Waals surface area contributed by atoms with Crippen LogP contribution in [-0.2, 0) is 14.3 Å². The molecule has 0 radical (unpaired) electrons. The van der Waals surface area contributed by atoms with E-state index < -0.39 is 41.7 Å². The number of hydrogen-bond acceptors (Lipinski definition) is 5. The lowest BCUT2D eigenvalue weighted by Gasteiger charge is -2.09. The molecule has 0 unspecified atom stereocenters. The van der Waals surface area contributed by atoms with E-state index in [9.17, 15) is 23.2 Å². The lowest BCUT2D eigenvalue weighted by atomic mass is 10.2. The van der Waals surface area contributed by atoms with E-state index in [0.717, 1.165) is 12.1 Å². The van der Waals surface area contributed by atoms with Crippen LogP contribution in [0.25, 0.3) is 0 Å². The fraction of sp³-hybridized carbons (Fsp3) is 0.211. The summed E-state index contributed by atoms with van der Waals surface area (Å²) in [6.45, 7) is 2.80. The SMILES string of the molecule is CC(C)OC(=O)c1ccc(NC(=O)COC(=O)c2ccc(F)cc2F)cc1. The highest BCUT2D eigenvalue weighted by Gasteiger charge is 2.16. The van der Waals surface area contributed by atoms with Crippen molar-refractivity contribution < 1.29 is 32.6 Å².